The van der Waals surface area contributed by atoms with Crippen molar-refractivity contribution in [1.29, 1.82) is 0 Å². The van der Waals surface area contributed by atoms with Gasteiger partial charge in [0.2, 0.25) is 5.95 Å². The Morgan fingerprint density at radius 1 is 1.15 bits per heavy atom. The number of hydrogen-bond acceptors (Lipinski definition) is 7. The molecule has 3 atom stereocenters. The van der Waals surface area contributed by atoms with E-state index in [-0.39, 0.29) is 29.8 Å². The van der Waals surface area contributed by atoms with E-state index in [1.54, 1.807) is 31.6 Å². The van der Waals surface area contributed by atoms with Crippen molar-refractivity contribution in [3.8, 4) is 11.3 Å². The highest BCUT2D eigenvalue weighted by Gasteiger charge is 2.35. The minimum absolute atomic E-state index is 0.0125. The summed E-state index contributed by atoms with van der Waals surface area (Å²) in [6.45, 7) is 4.69. The first-order chi connectivity index (χ1) is 19.8. The topological polar surface area (TPSA) is 100 Å². The van der Waals surface area contributed by atoms with Crippen LogP contribution in [0.3, 0.4) is 0 Å². The normalized spacial score (nSPS) is 20.4. The first-order valence-corrected chi connectivity index (χ1v) is 13.8. The van der Waals surface area contributed by atoms with E-state index in [1.807, 2.05) is 42.8 Å². The molecular formula is C30H37FN8O2. The molecule has 5 rings (SSSR count). The van der Waals surface area contributed by atoms with Crippen LogP contribution in [0.2, 0.25) is 0 Å². The summed E-state index contributed by atoms with van der Waals surface area (Å²) in [5.74, 6) is 0.958. The Morgan fingerprint density at radius 2 is 1.90 bits per heavy atom. The fraction of sp³-hybridized carbons (Fsp3) is 0.400. The minimum Gasteiger partial charge on any atom is -0.383 e. The number of carbonyl (C=O) groups is 1. The third-order valence-electron chi connectivity index (χ3n) is 7.58. The van der Waals surface area contributed by atoms with E-state index in [9.17, 15) is 9.18 Å². The third-order valence-corrected chi connectivity index (χ3v) is 7.58. The van der Waals surface area contributed by atoms with Crippen LogP contribution in [0, 0.1) is 12.7 Å². The van der Waals surface area contributed by atoms with Crippen molar-refractivity contribution >= 4 is 17.8 Å². The lowest BCUT2D eigenvalue weighted by Gasteiger charge is -2.22. The van der Waals surface area contributed by atoms with Crippen LogP contribution in [0.1, 0.15) is 29.5 Å². The van der Waals surface area contributed by atoms with Gasteiger partial charge in [0.05, 0.1) is 18.7 Å². The molecule has 1 aliphatic carbocycles. The van der Waals surface area contributed by atoms with Gasteiger partial charge in [-0.15, -0.1) is 0 Å². The number of methoxy groups -OCH3 is 1. The molecule has 41 heavy (non-hydrogen) atoms. The van der Waals surface area contributed by atoms with E-state index in [2.05, 4.69) is 37.7 Å². The standard InChI is InChI=1S/C30H37FN8O2/c1-20-27(22-16-32-29(33-17-22)37(2)3)36-39(24-8-6-5-7-9-24)28(20)35-30(40)34-26-19-38(14-15-41-4)18-25(26)21-10-12-23(31)13-11-21/h5-8,10-13,16-17,24-26H,9,14-15,18-19H2,1-4H3,(H2,34,35,40)/t24?,25-,26+/m0/s1. The molecule has 3 aromatic rings. The number of aromatic nitrogens is 4. The summed E-state index contributed by atoms with van der Waals surface area (Å²) in [6.07, 6.45) is 12.4. The highest BCUT2D eigenvalue weighted by molar-refractivity contribution is 5.90. The zero-order valence-electron chi connectivity index (χ0n) is 23.9. The van der Waals surface area contributed by atoms with E-state index >= 15 is 0 Å². The summed E-state index contributed by atoms with van der Waals surface area (Å²) < 4.78 is 20.8. The predicted molar refractivity (Wildman–Crippen MR) is 158 cm³/mol. The Kier molecular flexibility index (Phi) is 8.75. The number of rotatable bonds is 9. The van der Waals surface area contributed by atoms with Crippen molar-refractivity contribution in [2.24, 2.45) is 0 Å². The molecule has 2 aliphatic rings. The smallest absolute Gasteiger partial charge is 0.320 e. The van der Waals surface area contributed by atoms with Crippen LogP contribution < -0.4 is 15.5 Å². The number of hydrogen-bond donors (Lipinski definition) is 2. The van der Waals surface area contributed by atoms with Gasteiger partial charge in [-0.3, -0.25) is 10.2 Å². The Labute approximate surface area is 239 Å². The molecular weight excluding hydrogens is 523 g/mol. The molecule has 0 spiro atoms. The average Bonchev–Trinajstić information content (AvgIpc) is 3.53. The predicted octanol–water partition coefficient (Wildman–Crippen LogP) is 4.15. The second-order valence-electron chi connectivity index (χ2n) is 10.7. The molecule has 11 heteroatoms. The van der Waals surface area contributed by atoms with E-state index in [0.29, 0.717) is 30.6 Å². The molecule has 2 aromatic heterocycles. The average molecular weight is 561 g/mol. The van der Waals surface area contributed by atoms with Gasteiger partial charge in [-0.25, -0.2) is 23.8 Å². The molecule has 1 aliphatic heterocycles. The van der Waals surface area contributed by atoms with E-state index in [0.717, 1.165) is 36.2 Å². The summed E-state index contributed by atoms with van der Waals surface area (Å²) in [5, 5.41) is 11.2. The Balaban J connectivity index is 1.40. The van der Waals surface area contributed by atoms with Gasteiger partial charge in [-0.05, 0) is 31.0 Å². The molecule has 1 unspecified atom stereocenters. The number of anilines is 2. The lowest BCUT2D eigenvalue weighted by Crippen LogP contribution is -2.42. The summed E-state index contributed by atoms with van der Waals surface area (Å²) in [4.78, 5) is 26.5. The molecule has 216 valence electrons. The monoisotopic (exact) mass is 560 g/mol. The number of allylic oxidation sites excluding steroid dienone is 4. The van der Waals surface area contributed by atoms with Gasteiger partial charge < -0.3 is 15.0 Å². The number of ether oxygens (including phenoxy) is 1. The second-order valence-corrected chi connectivity index (χ2v) is 10.7. The fourth-order valence-corrected chi connectivity index (χ4v) is 5.40. The first-order valence-electron chi connectivity index (χ1n) is 13.8. The Hall–Kier alpha value is -4.09. The largest absolute Gasteiger partial charge is 0.383 e. The third kappa shape index (κ3) is 6.47. The van der Waals surface area contributed by atoms with E-state index < -0.39 is 0 Å². The van der Waals surface area contributed by atoms with Crippen molar-refractivity contribution in [3.63, 3.8) is 0 Å². The number of carbonyl (C=O) groups excluding carboxylic acids is 1. The van der Waals surface area contributed by atoms with Crippen LogP contribution in [0.25, 0.3) is 11.3 Å². The number of nitrogens with one attached hydrogen (secondary N) is 2. The summed E-state index contributed by atoms with van der Waals surface area (Å²) in [7, 11) is 5.46. The van der Waals surface area contributed by atoms with Gasteiger partial charge in [-0.2, -0.15) is 5.10 Å². The van der Waals surface area contributed by atoms with Crippen molar-refractivity contribution in [1.82, 2.24) is 30.0 Å². The highest BCUT2D eigenvalue weighted by Crippen LogP contribution is 2.33. The molecule has 3 heterocycles. The second kappa shape index (κ2) is 12.6. The lowest BCUT2D eigenvalue weighted by molar-refractivity contribution is 0.159. The maximum absolute atomic E-state index is 13.6. The first kappa shape index (κ1) is 28.4. The number of halogens is 1. The van der Waals surface area contributed by atoms with Crippen LogP contribution in [0.5, 0.6) is 0 Å². The number of urea groups is 1. The van der Waals surface area contributed by atoms with Crippen LogP contribution in [0.4, 0.5) is 21.0 Å². The summed E-state index contributed by atoms with van der Waals surface area (Å²) >= 11 is 0. The van der Waals surface area contributed by atoms with Crippen molar-refractivity contribution in [2.75, 3.05) is 57.7 Å². The SMILES string of the molecule is COCCN1C[C@@H](NC(=O)Nc2c(C)c(-c3cnc(N(C)C)nc3)nn2C2C=CC=CC2)[C@H](c2ccc(F)cc2)C1. The van der Waals surface area contributed by atoms with Crippen LogP contribution in [-0.4, -0.2) is 84.2 Å². The van der Waals surface area contributed by atoms with E-state index in [4.69, 9.17) is 9.84 Å². The van der Waals surface area contributed by atoms with Gasteiger partial charge in [0.15, 0.2) is 0 Å². The molecule has 10 nitrogen and oxygen atoms in total. The lowest BCUT2D eigenvalue weighted by atomic mass is 9.94. The molecule has 1 fully saturated rings. The van der Waals surface area contributed by atoms with Gasteiger partial charge in [0.25, 0.3) is 0 Å². The summed E-state index contributed by atoms with van der Waals surface area (Å²) in [5.41, 5.74) is 3.30. The van der Waals surface area contributed by atoms with Gasteiger partial charge in [0, 0.05) is 70.3 Å². The van der Waals surface area contributed by atoms with Crippen LogP contribution >= 0.6 is 0 Å². The van der Waals surface area contributed by atoms with Gasteiger partial charge in [-0.1, -0.05) is 36.4 Å². The zero-order valence-corrected chi connectivity index (χ0v) is 23.9. The molecule has 2 amide bonds. The Morgan fingerprint density at radius 3 is 2.56 bits per heavy atom. The van der Waals surface area contributed by atoms with Crippen molar-refractivity contribution in [2.45, 2.75) is 31.3 Å². The Bertz CT molecular complexity index is 1400. The van der Waals surface area contributed by atoms with Crippen LogP contribution in [0.15, 0.2) is 61.0 Å². The summed E-state index contributed by atoms with van der Waals surface area (Å²) in [6, 6.07) is 5.99. The zero-order chi connectivity index (χ0) is 28.9. The molecule has 2 N–H and O–H groups in total. The molecule has 0 radical (unpaired) electrons. The van der Waals surface area contributed by atoms with Crippen molar-refractivity contribution in [3.05, 3.63) is 77.9 Å². The molecule has 1 aromatic carbocycles. The minimum atomic E-state index is -0.318. The number of benzene rings is 1. The van der Waals surface area contributed by atoms with Gasteiger partial charge >= 0.3 is 6.03 Å². The molecule has 0 bridgehead atoms. The maximum atomic E-state index is 13.6. The van der Waals surface area contributed by atoms with Crippen LogP contribution in [-0.2, 0) is 4.74 Å². The number of likely N-dealkylation sites (tertiary alicyclic amines) is 1. The molecule has 1 saturated heterocycles. The maximum Gasteiger partial charge on any atom is 0.320 e. The van der Waals surface area contributed by atoms with E-state index in [1.165, 1.54) is 12.1 Å². The number of nitrogens with zero attached hydrogens (tertiary/aromatic N) is 6. The highest BCUT2D eigenvalue weighted by atomic mass is 19.1. The van der Waals surface area contributed by atoms with Crippen molar-refractivity contribution < 1.29 is 13.9 Å². The quantitative estimate of drug-likeness (QED) is 0.406. The number of amides is 2. The molecule has 0 saturated carbocycles. The van der Waals surface area contributed by atoms with Gasteiger partial charge in [0.1, 0.15) is 17.3 Å². The fourth-order valence-electron chi connectivity index (χ4n) is 5.40.